The second-order valence-electron chi connectivity index (χ2n) is 5.87. The summed E-state index contributed by atoms with van der Waals surface area (Å²) >= 11 is 0. The van der Waals surface area contributed by atoms with Crippen molar-refractivity contribution in [2.75, 3.05) is 0 Å². The molecule has 0 aliphatic heterocycles. The number of hydrogen-bond acceptors (Lipinski definition) is 2. The first kappa shape index (κ1) is 14.3. The molecule has 0 amide bonds. The third-order valence-electron chi connectivity index (χ3n) is 2.79. The lowest BCUT2D eigenvalue weighted by atomic mass is 9.82. The summed E-state index contributed by atoms with van der Waals surface area (Å²) in [6.07, 6.45) is 0. The molecule has 0 unspecified atom stereocenters. The molecule has 1 rings (SSSR count). The Hall–Kier alpha value is -0.803. The lowest BCUT2D eigenvalue weighted by Crippen LogP contribution is -2.17. The molecule has 0 saturated carbocycles. The highest BCUT2D eigenvalue weighted by Gasteiger charge is 2.23. The van der Waals surface area contributed by atoms with Gasteiger partial charge in [0.15, 0.2) is 9.04 Å². The fourth-order valence-corrected chi connectivity index (χ4v) is 2.46. The molecule has 0 aliphatic rings. The summed E-state index contributed by atoms with van der Waals surface area (Å²) in [5.74, 6) is 0.420. The molecular weight excluding hydrogens is 228 g/mol. The van der Waals surface area contributed by atoms with Crippen molar-refractivity contribution in [3.63, 3.8) is 0 Å². The van der Waals surface area contributed by atoms with E-state index in [0.717, 1.165) is 16.7 Å². The number of aryl methyl sites for hydroxylation is 1. The van der Waals surface area contributed by atoms with E-state index in [4.69, 9.17) is 4.43 Å². The summed E-state index contributed by atoms with van der Waals surface area (Å²) in [6, 6.07) is 4.04. The molecule has 0 fully saturated rings. The van der Waals surface area contributed by atoms with E-state index in [1.165, 1.54) is 0 Å². The van der Waals surface area contributed by atoms with Crippen molar-refractivity contribution in [1.82, 2.24) is 0 Å². The summed E-state index contributed by atoms with van der Waals surface area (Å²) < 4.78 is 5.79. The smallest absolute Gasteiger partial charge is 0.171 e. The fourth-order valence-electron chi connectivity index (χ4n) is 1.95. The maximum Gasteiger partial charge on any atom is 0.171 e. The number of benzene rings is 1. The van der Waals surface area contributed by atoms with Crippen molar-refractivity contribution in [2.45, 2.75) is 52.8 Å². The molecule has 3 heteroatoms. The van der Waals surface area contributed by atoms with E-state index >= 15 is 0 Å². The van der Waals surface area contributed by atoms with E-state index < -0.39 is 9.04 Å². The molecule has 0 heterocycles. The van der Waals surface area contributed by atoms with E-state index in [9.17, 15) is 5.11 Å². The molecule has 0 aromatic heterocycles. The number of phenolic OH excluding ortho intramolecular Hbond substituents is 1. The molecule has 0 saturated heterocycles. The second-order valence-corrected chi connectivity index (χ2v) is 8.31. The Labute approximate surface area is 106 Å². The third kappa shape index (κ3) is 3.58. The van der Waals surface area contributed by atoms with E-state index in [0.29, 0.717) is 12.4 Å². The second kappa shape index (κ2) is 5.23. The maximum absolute atomic E-state index is 10.2. The fraction of sp³-hybridized carbons (Fsp3) is 0.571. The van der Waals surface area contributed by atoms with Gasteiger partial charge in [-0.1, -0.05) is 32.9 Å². The summed E-state index contributed by atoms with van der Waals surface area (Å²) in [5, 5.41) is 10.2. The summed E-state index contributed by atoms with van der Waals surface area (Å²) in [5.41, 5.74) is 3.00. The average Bonchev–Trinajstić information content (AvgIpc) is 2.17. The molecule has 1 aromatic rings. The molecule has 1 N–H and O–H groups in total. The summed E-state index contributed by atoms with van der Waals surface area (Å²) in [7, 11) is -1.02. The van der Waals surface area contributed by atoms with Gasteiger partial charge in [0, 0.05) is 5.56 Å². The molecule has 0 aliphatic carbocycles. The number of rotatable bonds is 3. The van der Waals surface area contributed by atoms with Crippen molar-refractivity contribution in [2.24, 2.45) is 0 Å². The Kier molecular flexibility index (Phi) is 4.39. The number of hydrogen-bond donors (Lipinski definition) is 1. The predicted molar refractivity (Wildman–Crippen MR) is 75.2 cm³/mol. The van der Waals surface area contributed by atoms with Crippen molar-refractivity contribution in [3.8, 4) is 5.75 Å². The number of phenols is 1. The van der Waals surface area contributed by atoms with Gasteiger partial charge in [-0.05, 0) is 36.6 Å². The minimum absolute atomic E-state index is 0.0622. The van der Waals surface area contributed by atoms with Crippen molar-refractivity contribution >= 4 is 9.04 Å². The topological polar surface area (TPSA) is 29.5 Å². The van der Waals surface area contributed by atoms with Gasteiger partial charge in [0.2, 0.25) is 0 Å². The zero-order valence-electron chi connectivity index (χ0n) is 11.8. The van der Waals surface area contributed by atoms with Crippen LogP contribution in [0, 0.1) is 6.92 Å². The Morgan fingerprint density at radius 1 is 1.24 bits per heavy atom. The van der Waals surface area contributed by atoms with Gasteiger partial charge in [-0.2, -0.15) is 0 Å². The van der Waals surface area contributed by atoms with Crippen LogP contribution in [0.4, 0.5) is 0 Å². The van der Waals surface area contributed by atoms with E-state index in [2.05, 4.69) is 39.9 Å². The maximum atomic E-state index is 10.2. The van der Waals surface area contributed by atoms with Gasteiger partial charge < -0.3 is 9.53 Å². The van der Waals surface area contributed by atoms with Crippen LogP contribution in [-0.4, -0.2) is 14.1 Å². The largest absolute Gasteiger partial charge is 0.507 e. The quantitative estimate of drug-likeness (QED) is 0.834. The lowest BCUT2D eigenvalue weighted by Gasteiger charge is -2.25. The van der Waals surface area contributed by atoms with E-state index in [-0.39, 0.29) is 5.41 Å². The van der Waals surface area contributed by atoms with Gasteiger partial charge >= 0.3 is 0 Å². The Balaban J connectivity index is 3.17. The van der Waals surface area contributed by atoms with Crippen LogP contribution < -0.4 is 0 Å². The van der Waals surface area contributed by atoms with Crippen molar-refractivity contribution in [1.29, 1.82) is 0 Å². The third-order valence-corrected chi connectivity index (χ3v) is 3.62. The molecule has 0 atom stereocenters. The predicted octanol–water partition coefficient (Wildman–Crippen LogP) is 3.50. The molecule has 0 spiro atoms. The Morgan fingerprint density at radius 2 is 1.82 bits per heavy atom. The minimum atomic E-state index is -1.02. The first-order valence-electron chi connectivity index (χ1n) is 6.17. The molecule has 0 bridgehead atoms. The highest BCUT2D eigenvalue weighted by atomic mass is 28.3. The summed E-state index contributed by atoms with van der Waals surface area (Å²) in [4.78, 5) is 0. The van der Waals surface area contributed by atoms with Crippen LogP contribution in [0.5, 0.6) is 5.75 Å². The van der Waals surface area contributed by atoms with Crippen molar-refractivity contribution in [3.05, 3.63) is 28.8 Å². The van der Waals surface area contributed by atoms with Gasteiger partial charge in [0.05, 0.1) is 6.61 Å². The monoisotopic (exact) mass is 252 g/mol. The Morgan fingerprint density at radius 3 is 2.29 bits per heavy atom. The zero-order valence-corrected chi connectivity index (χ0v) is 12.9. The van der Waals surface area contributed by atoms with Crippen LogP contribution in [0.2, 0.25) is 13.1 Å². The average molecular weight is 252 g/mol. The van der Waals surface area contributed by atoms with Crippen LogP contribution in [0.3, 0.4) is 0 Å². The van der Waals surface area contributed by atoms with Crippen LogP contribution in [0.15, 0.2) is 12.1 Å². The number of aromatic hydroxyl groups is 1. The normalized spacial score (nSPS) is 12.2. The van der Waals surface area contributed by atoms with Gasteiger partial charge in [-0.25, -0.2) is 0 Å². The van der Waals surface area contributed by atoms with Crippen LogP contribution >= 0.6 is 0 Å². The first-order chi connectivity index (χ1) is 7.73. The van der Waals surface area contributed by atoms with Crippen LogP contribution in [0.25, 0.3) is 0 Å². The molecule has 0 radical (unpaired) electrons. The lowest BCUT2D eigenvalue weighted by molar-refractivity contribution is 0.308. The highest BCUT2D eigenvalue weighted by Crippen LogP contribution is 2.36. The van der Waals surface area contributed by atoms with Gasteiger partial charge in [0.1, 0.15) is 5.75 Å². The minimum Gasteiger partial charge on any atom is -0.507 e. The standard InChI is InChI=1S/C14H24O2Si/c1-10-7-8-11(9-16-17(5)6)12(13(10)15)14(2,3)4/h7-8,15,17H,9H2,1-6H3. The van der Waals surface area contributed by atoms with Gasteiger partial charge in [-0.15, -0.1) is 0 Å². The molecule has 1 aromatic carbocycles. The molecule has 96 valence electrons. The zero-order chi connectivity index (χ0) is 13.2. The SMILES string of the molecule is Cc1ccc(CO[SiH](C)C)c(C(C)(C)C)c1O. The highest BCUT2D eigenvalue weighted by molar-refractivity contribution is 6.48. The van der Waals surface area contributed by atoms with Crippen molar-refractivity contribution < 1.29 is 9.53 Å². The van der Waals surface area contributed by atoms with E-state index in [1.807, 2.05) is 13.0 Å². The summed E-state index contributed by atoms with van der Waals surface area (Å²) in [6.45, 7) is 13.2. The molecular formula is C14H24O2Si. The van der Waals surface area contributed by atoms with Crippen LogP contribution in [-0.2, 0) is 16.4 Å². The molecule has 17 heavy (non-hydrogen) atoms. The molecule has 2 nitrogen and oxygen atoms in total. The van der Waals surface area contributed by atoms with Gasteiger partial charge in [0.25, 0.3) is 0 Å². The Bertz CT molecular complexity index is 392. The van der Waals surface area contributed by atoms with Crippen LogP contribution in [0.1, 0.15) is 37.5 Å². The van der Waals surface area contributed by atoms with E-state index in [1.54, 1.807) is 0 Å². The van der Waals surface area contributed by atoms with Gasteiger partial charge in [-0.3, -0.25) is 0 Å². The first-order valence-corrected chi connectivity index (χ1v) is 8.95.